The number of aliphatic hydroxyl groups excluding tert-OH is 2. The van der Waals surface area contributed by atoms with Crippen molar-refractivity contribution in [2.75, 3.05) is 66.1 Å². The quantitative estimate of drug-likeness (QED) is 0.288. The predicted octanol–water partition coefficient (Wildman–Crippen LogP) is 1.47. The molecule has 0 aromatic rings. The summed E-state index contributed by atoms with van der Waals surface area (Å²) in [5.74, 6) is -0.670. The zero-order valence-electron chi connectivity index (χ0n) is 16.2. The molecule has 158 valence electrons. The lowest BCUT2D eigenvalue weighted by molar-refractivity contribution is -0.137. The summed E-state index contributed by atoms with van der Waals surface area (Å²) in [6, 6.07) is 0. The standard InChI is InChI=1S/C10H22O6.C8H16O2/c11-1-3-13-5-7-15-9-10-16-8-6-14-4-2-12;1-2-3-4-5-6-7-8(9)10/h11-12H,1-10H2;2-7H2,1H3,(H,9,10). The monoisotopic (exact) mass is 382 g/mol. The second-order valence-corrected chi connectivity index (χ2v) is 5.45. The Labute approximate surface area is 157 Å². The Bertz CT molecular complexity index is 250. The van der Waals surface area contributed by atoms with Crippen LogP contribution in [0.3, 0.4) is 0 Å². The highest BCUT2D eigenvalue weighted by Gasteiger charge is 1.95. The average Bonchev–Trinajstić information content (AvgIpc) is 2.63. The lowest BCUT2D eigenvalue weighted by Crippen LogP contribution is -2.13. The van der Waals surface area contributed by atoms with Crippen molar-refractivity contribution in [1.29, 1.82) is 0 Å². The second kappa shape index (κ2) is 26.5. The first kappa shape index (κ1) is 27.4. The number of rotatable bonds is 19. The Kier molecular flexibility index (Phi) is 27.9. The molecule has 8 heteroatoms. The van der Waals surface area contributed by atoms with Gasteiger partial charge in [-0.15, -0.1) is 0 Å². The number of hydrogen-bond acceptors (Lipinski definition) is 7. The molecule has 0 unspecified atom stereocenters. The molecule has 3 N–H and O–H groups in total. The normalized spacial score (nSPS) is 10.4. The predicted molar refractivity (Wildman–Crippen MR) is 98.5 cm³/mol. The van der Waals surface area contributed by atoms with Crippen molar-refractivity contribution >= 4 is 5.97 Å². The van der Waals surface area contributed by atoms with Gasteiger partial charge >= 0.3 is 5.97 Å². The number of aliphatic hydroxyl groups is 2. The molecule has 0 aromatic heterocycles. The molecule has 0 saturated heterocycles. The Hall–Kier alpha value is -0.770. The van der Waals surface area contributed by atoms with Gasteiger partial charge in [0.25, 0.3) is 0 Å². The average molecular weight is 382 g/mol. The van der Waals surface area contributed by atoms with Crippen LogP contribution in [0, 0.1) is 0 Å². The van der Waals surface area contributed by atoms with E-state index in [2.05, 4.69) is 6.92 Å². The number of ether oxygens (including phenoxy) is 4. The van der Waals surface area contributed by atoms with Crippen LogP contribution >= 0.6 is 0 Å². The lowest BCUT2D eigenvalue weighted by Gasteiger charge is -2.06. The molecular weight excluding hydrogens is 344 g/mol. The maximum Gasteiger partial charge on any atom is 0.303 e. The largest absolute Gasteiger partial charge is 0.481 e. The number of hydrogen-bond donors (Lipinski definition) is 3. The zero-order chi connectivity index (χ0) is 19.7. The van der Waals surface area contributed by atoms with E-state index in [4.69, 9.17) is 34.3 Å². The van der Waals surface area contributed by atoms with Crippen molar-refractivity contribution in [2.24, 2.45) is 0 Å². The van der Waals surface area contributed by atoms with Gasteiger partial charge in [0.05, 0.1) is 66.1 Å². The van der Waals surface area contributed by atoms with E-state index in [0.29, 0.717) is 59.3 Å². The minimum absolute atomic E-state index is 0.0386. The Morgan fingerprint density at radius 1 is 0.654 bits per heavy atom. The van der Waals surface area contributed by atoms with Crippen LogP contribution in [0.25, 0.3) is 0 Å². The molecule has 0 heterocycles. The maximum atomic E-state index is 10.0. The van der Waals surface area contributed by atoms with E-state index in [1.54, 1.807) is 0 Å². The first-order valence-corrected chi connectivity index (χ1v) is 9.43. The van der Waals surface area contributed by atoms with Crippen LogP contribution in [0.1, 0.15) is 45.4 Å². The van der Waals surface area contributed by atoms with Gasteiger partial charge in [0.2, 0.25) is 0 Å². The van der Waals surface area contributed by atoms with Crippen LogP contribution < -0.4 is 0 Å². The minimum Gasteiger partial charge on any atom is -0.481 e. The fraction of sp³-hybridized carbons (Fsp3) is 0.944. The van der Waals surface area contributed by atoms with Gasteiger partial charge in [0, 0.05) is 6.42 Å². The number of carboxylic acids is 1. The number of carbonyl (C=O) groups is 1. The van der Waals surface area contributed by atoms with Crippen LogP contribution in [-0.4, -0.2) is 87.4 Å². The van der Waals surface area contributed by atoms with Crippen LogP contribution in [0.2, 0.25) is 0 Å². The molecule has 26 heavy (non-hydrogen) atoms. The molecule has 0 atom stereocenters. The van der Waals surface area contributed by atoms with Gasteiger partial charge in [0.1, 0.15) is 0 Å². The van der Waals surface area contributed by atoms with E-state index in [1.807, 2.05) is 0 Å². The van der Waals surface area contributed by atoms with Crippen LogP contribution in [0.15, 0.2) is 0 Å². The topological polar surface area (TPSA) is 115 Å². The van der Waals surface area contributed by atoms with E-state index in [1.165, 1.54) is 19.3 Å². The van der Waals surface area contributed by atoms with E-state index >= 15 is 0 Å². The summed E-state index contributed by atoms with van der Waals surface area (Å²) in [6.45, 7) is 5.94. The highest BCUT2D eigenvalue weighted by atomic mass is 16.6. The van der Waals surface area contributed by atoms with Crippen molar-refractivity contribution in [3.8, 4) is 0 Å². The summed E-state index contributed by atoms with van der Waals surface area (Å²) >= 11 is 0. The highest BCUT2D eigenvalue weighted by Crippen LogP contribution is 2.04. The summed E-state index contributed by atoms with van der Waals surface area (Å²) < 4.78 is 20.4. The molecule has 0 bridgehead atoms. The molecule has 0 radical (unpaired) electrons. The minimum atomic E-state index is -0.670. The van der Waals surface area contributed by atoms with Crippen molar-refractivity contribution in [3.05, 3.63) is 0 Å². The maximum absolute atomic E-state index is 10.0. The molecule has 0 saturated carbocycles. The number of unbranched alkanes of at least 4 members (excludes halogenated alkanes) is 4. The summed E-state index contributed by atoms with van der Waals surface area (Å²) in [5.41, 5.74) is 0. The van der Waals surface area contributed by atoms with Crippen molar-refractivity contribution in [2.45, 2.75) is 45.4 Å². The van der Waals surface area contributed by atoms with Crippen LogP contribution in [-0.2, 0) is 23.7 Å². The fourth-order valence-electron chi connectivity index (χ4n) is 1.77. The number of carboxylic acid groups (broad SMARTS) is 1. The lowest BCUT2D eigenvalue weighted by atomic mass is 10.1. The van der Waals surface area contributed by atoms with Gasteiger partial charge in [-0.2, -0.15) is 0 Å². The van der Waals surface area contributed by atoms with Gasteiger partial charge in [-0.05, 0) is 6.42 Å². The Balaban J connectivity index is 0. The van der Waals surface area contributed by atoms with Gasteiger partial charge in [-0.25, -0.2) is 0 Å². The zero-order valence-corrected chi connectivity index (χ0v) is 16.2. The molecule has 0 aliphatic rings. The second-order valence-electron chi connectivity index (χ2n) is 5.45. The summed E-state index contributed by atoms with van der Waals surface area (Å²) in [4.78, 5) is 10.0. The summed E-state index contributed by atoms with van der Waals surface area (Å²) in [6.07, 6.45) is 5.88. The third-order valence-corrected chi connectivity index (χ3v) is 3.08. The van der Waals surface area contributed by atoms with Gasteiger partial charge in [-0.3, -0.25) is 4.79 Å². The molecule has 0 aromatic carbocycles. The summed E-state index contributed by atoms with van der Waals surface area (Å²) in [5, 5.41) is 25.1. The van der Waals surface area contributed by atoms with Crippen LogP contribution in [0.5, 0.6) is 0 Å². The molecule has 0 amide bonds. The first-order chi connectivity index (χ1) is 12.7. The van der Waals surface area contributed by atoms with Gasteiger partial charge in [-0.1, -0.05) is 32.6 Å². The van der Waals surface area contributed by atoms with Crippen molar-refractivity contribution < 1.29 is 39.1 Å². The Morgan fingerprint density at radius 3 is 1.38 bits per heavy atom. The third kappa shape index (κ3) is 31.0. The van der Waals surface area contributed by atoms with Gasteiger partial charge in [0.15, 0.2) is 0 Å². The van der Waals surface area contributed by atoms with Crippen molar-refractivity contribution in [3.63, 3.8) is 0 Å². The molecular formula is C18H38O8. The third-order valence-electron chi connectivity index (χ3n) is 3.08. The molecule has 0 aliphatic heterocycles. The van der Waals surface area contributed by atoms with E-state index in [-0.39, 0.29) is 13.2 Å². The first-order valence-electron chi connectivity index (χ1n) is 9.43. The molecule has 8 nitrogen and oxygen atoms in total. The number of aliphatic carboxylic acids is 1. The van der Waals surface area contributed by atoms with Crippen LogP contribution in [0.4, 0.5) is 0 Å². The SMILES string of the molecule is CCCCCCCC(=O)O.OCCOCCOCCOCCOCCO. The molecule has 0 spiro atoms. The van der Waals surface area contributed by atoms with Gasteiger partial charge < -0.3 is 34.3 Å². The Morgan fingerprint density at radius 2 is 1.04 bits per heavy atom. The highest BCUT2D eigenvalue weighted by molar-refractivity contribution is 5.66. The van der Waals surface area contributed by atoms with E-state index in [0.717, 1.165) is 12.8 Å². The van der Waals surface area contributed by atoms with Crippen molar-refractivity contribution in [1.82, 2.24) is 0 Å². The van der Waals surface area contributed by atoms with E-state index < -0.39 is 5.97 Å². The molecule has 0 rings (SSSR count). The molecule has 0 aliphatic carbocycles. The molecule has 0 fully saturated rings. The smallest absolute Gasteiger partial charge is 0.303 e. The van der Waals surface area contributed by atoms with E-state index in [9.17, 15) is 4.79 Å². The summed E-state index contributed by atoms with van der Waals surface area (Å²) in [7, 11) is 0. The fourth-order valence-corrected chi connectivity index (χ4v) is 1.77.